The lowest BCUT2D eigenvalue weighted by Crippen LogP contribution is -2.45. The van der Waals surface area contributed by atoms with Crippen LogP contribution in [-0.4, -0.2) is 48.9 Å². The van der Waals surface area contributed by atoms with Gasteiger partial charge in [-0.3, -0.25) is 9.59 Å². The number of para-hydroxylation sites is 1. The van der Waals surface area contributed by atoms with Gasteiger partial charge < -0.3 is 15.1 Å². The van der Waals surface area contributed by atoms with Crippen molar-refractivity contribution < 1.29 is 9.59 Å². The monoisotopic (exact) mass is 287 g/mol. The van der Waals surface area contributed by atoms with Crippen LogP contribution >= 0.6 is 0 Å². The molecule has 0 aromatic heterocycles. The molecular weight excluding hydrogens is 266 g/mol. The minimum atomic E-state index is -0.305. The molecule has 3 rings (SSSR count). The molecule has 1 N–H and O–H groups in total. The summed E-state index contributed by atoms with van der Waals surface area (Å²) in [4.78, 5) is 27.9. The first-order chi connectivity index (χ1) is 10.2. The lowest BCUT2D eigenvalue weighted by Gasteiger charge is -2.25. The zero-order valence-electron chi connectivity index (χ0n) is 12.1. The zero-order chi connectivity index (χ0) is 14.7. The number of nitrogens with zero attached hydrogens (tertiary/aromatic N) is 2. The van der Waals surface area contributed by atoms with Crippen molar-refractivity contribution in [3.05, 3.63) is 30.3 Å². The molecule has 5 nitrogen and oxygen atoms in total. The maximum atomic E-state index is 12.4. The van der Waals surface area contributed by atoms with Crippen LogP contribution in [0.3, 0.4) is 0 Å². The number of benzene rings is 1. The minimum Gasteiger partial charge on any atom is -0.370 e. The van der Waals surface area contributed by atoms with E-state index in [1.807, 2.05) is 23.1 Å². The highest BCUT2D eigenvalue weighted by molar-refractivity contribution is 5.90. The number of anilines is 1. The normalized spacial score (nSPS) is 22.9. The molecular formula is C16H21N3O2. The molecule has 0 bridgehead atoms. The van der Waals surface area contributed by atoms with Crippen molar-refractivity contribution in [3.63, 3.8) is 0 Å². The van der Waals surface area contributed by atoms with E-state index in [4.69, 9.17) is 0 Å². The molecule has 2 amide bonds. The van der Waals surface area contributed by atoms with E-state index in [-0.39, 0.29) is 17.9 Å². The van der Waals surface area contributed by atoms with Gasteiger partial charge in [-0.05, 0) is 25.0 Å². The van der Waals surface area contributed by atoms with Crippen LogP contribution in [0.25, 0.3) is 0 Å². The predicted molar refractivity (Wildman–Crippen MR) is 81.0 cm³/mol. The Morgan fingerprint density at radius 3 is 2.62 bits per heavy atom. The highest BCUT2D eigenvalue weighted by Gasteiger charge is 2.31. The SMILES string of the molecule is O=C1CC[C@@H](C(=O)N2CCCN(c3ccccc3)CC2)N1. The quantitative estimate of drug-likeness (QED) is 0.883. The molecule has 0 unspecified atom stereocenters. The first kappa shape index (κ1) is 13.9. The van der Waals surface area contributed by atoms with E-state index in [2.05, 4.69) is 22.3 Å². The number of nitrogens with one attached hydrogen (secondary N) is 1. The molecule has 21 heavy (non-hydrogen) atoms. The van der Waals surface area contributed by atoms with Gasteiger partial charge in [0, 0.05) is 38.3 Å². The fourth-order valence-corrected chi connectivity index (χ4v) is 3.05. The molecule has 2 saturated heterocycles. The van der Waals surface area contributed by atoms with Crippen molar-refractivity contribution in [2.45, 2.75) is 25.3 Å². The Bertz CT molecular complexity index is 518. The van der Waals surface area contributed by atoms with Crippen molar-refractivity contribution >= 4 is 17.5 Å². The van der Waals surface area contributed by atoms with Crippen LogP contribution in [0.15, 0.2) is 30.3 Å². The van der Waals surface area contributed by atoms with Gasteiger partial charge in [-0.15, -0.1) is 0 Å². The van der Waals surface area contributed by atoms with Crippen LogP contribution in [0.5, 0.6) is 0 Å². The predicted octanol–water partition coefficient (Wildman–Crippen LogP) is 1.00. The van der Waals surface area contributed by atoms with E-state index < -0.39 is 0 Å². The second kappa shape index (κ2) is 6.16. The van der Waals surface area contributed by atoms with E-state index in [0.29, 0.717) is 12.8 Å². The first-order valence-corrected chi connectivity index (χ1v) is 7.62. The van der Waals surface area contributed by atoms with Crippen LogP contribution in [-0.2, 0) is 9.59 Å². The third-order valence-electron chi connectivity index (χ3n) is 4.22. The number of rotatable bonds is 2. The van der Waals surface area contributed by atoms with Gasteiger partial charge in [0.15, 0.2) is 0 Å². The molecule has 5 heteroatoms. The van der Waals surface area contributed by atoms with Crippen molar-refractivity contribution in [3.8, 4) is 0 Å². The number of amides is 2. The van der Waals surface area contributed by atoms with E-state index in [1.165, 1.54) is 5.69 Å². The van der Waals surface area contributed by atoms with Crippen LogP contribution in [0.2, 0.25) is 0 Å². The second-order valence-corrected chi connectivity index (χ2v) is 5.66. The van der Waals surface area contributed by atoms with Gasteiger partial charge in [-0.1, -0.05) is 18.2 Å². The van der Waals surface area contributed by atoms with Crippen molar-refractivity contribution in [1.29, 1.82) is 0 Å². The van der Waals surface area contributed by atoms with Gasteiger partial charge >= 0.3 is 0 Å². The molecule has 0 aliphatic carbocycles. The number of carbonyl (C=O) groups excluding carboxylic acids is 2. The lowest BCUT2D eigenvalue weighted by molar-refractivity contribution is -0.134. The molecule has 0 spiro atoms. The van der Waals surface area contributed by atoms with Gasteiger partial charge in [0.2, 0.25) is 11.8 Å². The molecule has 2 aliphatic heterocycles. The Kier molecular flexibility index (Phi) is 4.08. The third kappa shape index (κ3) is 3.17. The molecule has 2 heterocycles. The lowest BCUT2D eigenvalue weighted by atomic mass is 10.2. The fourth-order valence-electron chi connectivity index (χ4n) is 3.05. The number of hydrogen-bond donors (Lipinski definition) is 1. The maximum Gasteiger partial charge on any atom is 0.245 e. The maximum absolute atomic E-state index is 12.4. The van der Waals surface area contributed by atoms with Crippen molar-refractivity contribution in [2.75, 3.05) is 31.1 Å². The molecule has 2 aliphatic rings. The van der Waals surface area contributed by atoms with E-state index in [1.54, 1.807) is 0 Å². The summed E-state index contributed by atoms with van der Waals surface area (Å²) in [7, 11) is 0. The molecule has 1 aromatic rings. The summed E-state index contributed by atoms with van der Waals surface area (Å²) in [6, 6.07) is 10.00. The summed E-state index contributed by atoms with van der Waals surface area (Å²) in [6.07, 6.45) is 2.07. The standard InChI is InChI=1S/C16H21N3O2/c20-15-8-7-14(17-15)16(21)19-10-4-9-18(11-12-19)13-5-2-1-3-6-13/h1-3,5-6,14H,4,7-12H2,(H,17,20)/t14-/m0/s1. The van der Waals surface area contributed by atoms with Gasteiger partial charge in [0.1, 0.15) is 6.04 Å². The molecule has 112 valence electrons. The summed E-state index contributed by atoms with van der Waals surface area (Å²) >= 11 is 0. The Labute approximate surface area is 124 Å². The van der Waals surface area contributed by atoms with Crippen molar-refractivity contribution in [1.82, 2.24) is 10.2 Å². The molecule has 2 fully saturated rings. The first-order valence-electron chi connectivity index (χ1n) is 7.62. The van der Waals surface area contributed by atoms with Crippen molar-refractivity contribution in [2.24, 2.45) is 0 Å². The third-order valence-corrected chi connectivity index (χ3v) is 4.22. The Hall–Kier alpha value is -2.04. The highest BCUT2D eigenvalue weighted by Crippen LogP contribution is 2.17. The van der Waals surface area contributed by atoms with Crippen LogP contribution < -0.4 is 10.2 Å². The van der Waals surface area contributed by atoms with Crippen LogP contribution in [0.4, 0.5) is 5.69 Å². The topological polar surface area (TPSA) is 52.7 Å². The second-order valence-electron chi connectivity index (χ2n) is 5.66. The zero-order valence-corrected chi connectivity index (χ0v) is 12.1. The molecule has 0 saturated carbocycles. The molecule has 0 radical (unpaired) electrons. The smallest absolute Gasteiger partial charge is 0.245 e. The summed E-state index contributed by atoms with van der Waals surface area (Å²) in [6.45, 7) is 3.30. The fraction of sp³-hybridized carbons (Fsp3) is 0.500. The number of carbonyl (C=O) groups is 2. The van der Waals surface area contributed by atoms with Crippen LogP contribution in [0.1, 0.15) is 19.3 Å². The van der Waals surface area contributed by atoms with E-state index in [9.17, 15) is 9.59 Å². The summed E-state index contributed by atoms with van der Waals surface area (Å²) in [5.74, 6) is 0.0739. The van der Waals surface area contributed by atoms with E-state index >= 15 is 0 Å². The van der Waals surface area contributed by atoms with Gasteiger partial charge in [0.25, 0.3) is 0 Å². The summed E-state index contributed by atoms with van der Waals surface area (Å²) in [5.41, 5.74) is 1.21. The Morgan fingerprint density at radius 2 is 1.90 bits per heavy atom. The highest BCUT2D eigenvalue weighted by atomic mass is 16.2. The average molecular weight is 287 g/mol. The summed E-state index contributed by atoms with van der Waals surface area (Å²) < 4.78 is 0. The minimum absolute atomic E-state index is 0.00548. The summed E-state index contributed by atoms with van der Waals surface area (Å²) in [5, 5.41) is 2.77. The van der Waals surface area contributed by atoms with Gasteiger partial charge in [0.05, 0.1) is 0 Å². The van der Waals surface area contributed by atoms with Crippen LogP contribution in [0, 0.1) is 0 Å². The average Bonchev–Trinajstić information content (AvgIpc) is 2.81. The number of hydrogen-bond acceptors (Lipinski definition) is 3. The van der Waals surface area contributed by atoms with E-state index in [0.717, 1.165) is 32.6 Å². The molecule has 1 aromatic carbocycles. The Morgan fingerprint density at radius 1 is 1.10 bits per heavy atom. The molecule has 1 atom stereocenters. The van der Waals surface area contributed by atoms with Gasteiger partial charge in [-0.25, -0.2) is 0 Å². The Balaban J connectivity index is 1.60. The van der Waals surface area contributed by atoms with Gasteiger partial charge in [-0.2, -0.15) is 0 Å². The largest absolute Gasteiger partial charge is 0.370 e.